The molecule has 2 amide bonds. The molecule has 1 atom stereocenters. The molecule has 5 heteroatoms. The van der Waals surface area contributed by atoms with Gasteiger partial charge in [0.2, 0.25) is 0 Å². The highest BCUT2D eigenvalue weighted by molar-refractivity contribution is 5.95. The van der Waals surface area contributed by atoms with Gasteiger partial charge in [-0.25, -0.2) is 15.2 Å². The van der Waals surface area contributed by atoms with E-state index in [-0.39, 0.29) is 24.0 Å². The molecule has 0 fully saturated rings. The van der Waals surface area contributed by atoms with Crippen LogP contribution in [-0.4, -0.2) is 23.1 Å². The van der Waals surface area contributed by atoms with Crippen LogP contribution in [0, 0.1) is 19.3 Å². The van der Waals surface area contributed by atoms with Gasteiger partial charge in [0.1, 0.15) is 6.61 Å². The van der Waals surface area contributed by atoms with Gasteiger partial charge in [0.05, 0.1) is 6.04 Å². The van der Waals surface area contributed by atoms with Gasteiger partial charge in [0.15, 0.2) is 0 Å². The zero-order valence-electron chi connectivity index (χ0n) is 19.0. The second-order valence-electron chi connectivity index (χ2n) is 8.90. The van der Waals surface area contributed by atoms with E-state index in [9.17, 15) is 9.59 Å². The maximum Gasteiger partial charge on any atom is 0.426 e. The molecule has 2 aromatic carbocycles. The van der Waals surface area contributed by atoms with E-state index < -0.39 is 6.09 Å². The molecule has 0 spiro atoms. The summed E-state index contributed by atoms with van der Waals surface area (Å²) >= 11 is 0. The highest BCUT2D eigenvalue weighted by atomic mass is 16.6. The molecule has 0 heterocycles. The van der Waals surface area contributed by atoms with E-state index in [0.29, 0.717) is 5.56 Å². The van der Waals surface area contributed by atoms with Crippen molar-refractivity contribution in [2.24, 2.45) is 5.41 Å². The van der Waals surface area contributed by atoms with Crippen LogP contribution in [-0.2, 0) is 11.3 Å². The molecular weight excluding hydrogens is 376 g/mol. The third-order valence-electron chi connectivity index (χ3n) is 4.99. The van der Waals surface area contributed by atoms with E-state index in [0.717, 1.165) is 29.5 Å². The Morgan fingerprint density at radius 1 is 1.03 bits per heavy atom. The lowest BCUT2D eigenvalue weighted by atomic mass is 9.83. The molecule has 0 aliphatic rings. The molecule has 0 saturated heterocycles. The van der Waals surface area contributed by atoms with Crippen LogP contribution >= 0.6 is 0 Å². The molecule has 0 aromatic heterocycles. The van der Waals surface area contributed by atoms with Crippen molar-refractivity contribution in [2.45, 2.75) is 67.0 Å². The Kier molecular flexibility index (Phi) is 8.04. The predicted octanol–water partition coefficient (Wildman–Crippen LogP) is 5.80. The number of nitrogens with zero attached hydrogens (tertiary/aromatic N) is 1. The topological polar surface area (TPSA) is 58.6 Å². The van der Waals surface area contributed by atoms with Crippen molar-refractivity contribution in [3.05, 3.63) is 70.8 Å². The van der Waals surface area contributed by atoms with Gasteiger partial charge >= 0.3 is 6.09 Å². The lowest BCUT2D eigenvalue weighted by molar-refractivity contribution is 0.0247. The lowest BCUT2D eigenvalue weighted by Crippen LogP contribution is -2.56. The molecule has 1 N–H and O–H groups in total. The Balaban J connectivity index is 2.27. The third kappa shape index (κ3) is 6.61. The molecule has 0 saturated carbocycles. The van der Waals surface area contributed by atoms with Crippen molar-refractivity contribution >= 4 is 12.0 Å². The first-order chi connectivity index (χ1) is 14.1. The van der Waals surface area contributed by atoms with Crippen LogP contribution < -0.4 is 5.43 Å². The van der Waals surface area contributed by atoms with E-state index >= 15 is 0 Å². The maximum atomic E-state index is 13.5. The van der Waals surface area contributed by atoms with Crippen molar-refractivity contribution in [3.8, 4) is 0 Å². The number of carbonyl (C=O) groups excluding carboxylic acids is 2. The van der Waals surface area contributed by atoms with Gasteiger partial charge in [-0.05, 0) is 43.4 Å². The minimum absolute atomic E-state index is 0.145. The highest BCUT2D eigenvalue weighted by Crippen LogP contribution is 2.28. The second kappa shape index (κ2) is 10.3. The molecule has 0 aliphatic carbocycles. The van der Waals surface area contributed by atoms with Crippen LogP contribution in [0.4, 0.5) is 4.79 Å². The van der Waals surface area contributed by atoms with Gasteiger partial charge in [-0.2, -0.15) is 0 Å². The average Bonchev–Trinajstić information content (AvgIpc) is 2.67. The summed E-state index contributed by atoms with van der Waals surface area (Å²) in [6.45, 7) is 12.4. The Labute approximate surface area is 180 Å². The molecule has 0 unspecified atom stereocenters. The zero-order chi connectivity index (χ0) is 22.3. The summed E-state index contributed by atoms with van der Waals surface area (Å²) in [5, 5.41) is 1.46. The van der Waals surface area contributed by atoms with E-state index in [1.54, 1.807) is 0 Å². The van der Waals surface area contributed by atoms with Crippen LogP contribution in [0.15, 0.2) is 48.5 Å². The Morgan fingerprint density at radius 2 is 1.63 bits per heavy atom. The Morgan fingerprint density at radius 3 is 2.17 bits per heavy atom. The molecular formula is C25H34N2O3. The van der Waals surface area contributed by atoms with Crippen molar-refractivity contribution in [1.29, 1.82) is 0 Å². The molecule has 0 bridgehead atoms. The van der Waals surface area contributed by atoms with Gasteiger partial charge in [-0.3, -0.25) is 4.79 Å². The molecule has 5 nitrogen and oxygen atoms in total. The predicted molar refractivity (Wildman–Crippen MR) is 120 cm³/mol. The van der Waals surface area contributed by atoms with E-state index in [2.05, 4.69) is 33.1 Å². The molecule has 30 heavy (non-hydrogen) atoms. The number of carbonyl (C=O) groups is 2. The van der Waals surface area contributed by atoms with Crippen molar-refractivity contribution in [3.63, 3.8) is 0 Å². The minimum atomic E-state index is -0.637. The first-order valence-corrected chi connectivity index (χ1v) is 10.5. The van der Waals surface area contributed by atoms with Crippen LogP contribution in [0.25, 0.3) is 0 Å². The third-order valence-corrected chi connectivity index (χ3v) is 4.99. The number of rotatable bonds is 6. The first kappa shape index (κ1) is 23.5. The number of aryl methyl sites for hydroxylation is 2. The highest BCUT2D eigenvalue weighted by Gasteiger charge is 2.35. The number of amides is 2. The number of benzene rings is 2. The largest absolute Gasteiger partial charge is 0.443 e. The fraction of sp³-hybridized carbons (Fsp3) is 0.440. The average molecular weight is 411 g/mol. The monoisotopic (exact) mass is 410 g/mol. The molecule has 0 radical (unpaired) electrons. The van der Waals surface area contributed by atoms with E-state index in [1.165, 1.54) is 5.01 Å². The first-order valence-electron chi connectivity index (χ1n) is 10.5. The summed E-state index contributed by atoms with van der Waals surface area (Å²) in [6, 6.07) is 15.0. The lowest BCUT2D eigenvalue weighted by Gasteiger charge is -2.39. The fourth-order valence-electron chi connectivity index (χ4n) is 3.58. The number of hydrogen-bond donors (Lipinski definition) is 1. The Bertz CT molecular complexity index is 836. The molecule has 2 aromatic rings. The standard InChI is InChI=1S/C25H34N2O3/c1-7-11-22(25(4,5)6)27(23(28)21-15-18(2)14-19(3)16-21)26-24(29)30-17-20-12-9-8-10-13-20/h8-10,12-16,22H,7,11,17H2,1-6H3,(H,26,29)/t22-/m1/s1. The number of hydrazine groups is 1. The summed E-state index contributed by atoms with van der Waals surface area (Å²) in [4.78, 5) is 26.1. The molecule has 162 valence electrons. The molecule has 2 rings (SSSR count). The minimum Gasteiger partial charge on any atom is -0.443 e. The van der Waals surface area contributed by atoms with E-state index in [1.807, 2.05) is 62.4 Å². The van der Waals surface area contributed by atoms with Crippen molar-refractivity contribution < 1.29 is 14.3 Å². The fourth-order valence-corrected chi connectivity index (χ4v) is 3.58. The van der Waals surface area contributed by atoms with E-state index in [4.69, 9.17) is 4.74 Å². The van der Waals surface area contributed by atoms with Gasteiger partial charge in [-0.15, -0.1) is 0 Å². The Hall–Kier alpha value is -2.82. The van der Waals surface area contributed by atoms with Crippen LogP contribution in [0.3, 0.4) is 0 Å². The molecule has 0 aliphatic heterocycles. The number of hydrogen-bond acceptors (Lipinski definition) is 3. The van der Waals surface area contributed by atoms with Gasteiger partial charge in [0, 0.05) is 5.56 Å². The number of ether oxygens (including phenoxy) is 1. The van der Waals surface area contributed by atoms with Crippen LogP contribution in [0.2, 0.25) is 0 Å². The quantitative estimate of drug-likeness (QED) is 0.612. The SMILES string of the molecule is CCC[C@@H](N(NC(=O)OCc1ccccc1)C(=O)c1cc(C)cc(C)c1)C(C)(C)C. The summed E-state index contributed by atoms with van der Waals surface area (Å²) in [7, 11) is 0. The van der Waals surface area contributed by atoms with Gasteiger partial charge in [-0.1, -0.05) is 81.6 Å². The van der Waals surface area contributed by atoms with Gasteiger partial charge in [0.25, 0.3) is 5.91 Å². The van der Waals surface area contributed by atoms with Crippen molar-refractivity contribution in [1.82, 2.24) is 10.4 Å². The maximum absolute atomic E-state index is 13.5. The summed E-state index contributed by atoms with van der Waals surface area (Å²) in [5.41, 5.74) is 5.97. The van der Waals surface area contributed by atoms with Crippen molar-refractivity contribution in [2.75, 3.05) is 0 Å². The summed E-state index contributed by atoms with van der Waals surface area (Å²) in [5.74, 6) is -0.230. The smallest absolute Gasteiger partial charge is 0.426 e. The summed E-state index contributed by atoms with van der Waals surface area (Å²) in [6.07, 6.45) is 1.01. The normalized spacial score (nSPS) is 12.2. The van der Waals surface area contributed by atoms with Crippen LogP contribution in [0.1, 0.15) is 67.6 Å². The zero-order valence-corrected chi connectivity index (χ0v) is 19.0. The summed E-state index contributed by atoms with van der Waals surface area (Å²) < 4.78 is 5.39. The van der Waals surface area contributed by atoms with Gasteiger partial charge < -0.3 is 4.74 Å². The van der Waals surface area contributed by atoms with Crippen LogP contribution in [0.5, 0.6) is 0 Å². The second-order valence-corrected chi connectivity index (χ2v) is 8.90. The number of nitrogens with one attached hydrogen (secondary N) is 1.